The normalized spacial score (nSPS) is 20.3. The van der Waals surface area contributed by atoms with Crippen molar-refractivity contribution >= 4 is 0 Å². The van der Waals surface area contributed by atoms with Crippen LogP contribution in [0.15, 0.2) is 12.4 Å². The molecular formula is C13H24N4. The molecule has 1 unspecified atom stereocenters. The molecule has 0 saturated heterocycles. The second kappa shape index (κ2) is 4.78. The van der Waals surface area contributed by atoms with Crippen LogP contribution in [-0.4, -0.2) is 40.6 Å². The van der Waals surface area contributed by atoms with E-state index >= 15 is 0 Å². The standard InChI is InChI=1S/C13H24N4/c1-11(12-14-8-9-17(12)4)15-10-13(16(2)3)6-5-7-13/h8-9,11,15H,5-7,10H2,1-4H3. The van der Waals surface area contributed by atoms with Crippen LogP contribution < -0.4 is 5.32 Å². The van der Waals surface area contributed by atoms with Crippen molar-refractivity contribution in [3.8, 4) is 0 Å². The first-order valence-corrected chi connectivity index (χ1v) is 6.43. The number of hydrogen-bond donors (Lipinski definition) is 1. The van der Waals surface area contributed by atoms with Gasteiger partial charge in [-0.15, -0.1) is 0 Å². The summed E-state index contributed by atoms with van der Waals surface area (Å²) < 4.78 is 2.08. The van der Waals surface area contributed by atoms with E-state index in [9.17, 15) is 0 Å². The molecule has 4 nitrogen and oxygen atoms in total. The van der Waals surface area contributed by atoms with Crippen molar-refractivity contribution in [2.75, 3.05) is 20.6 Å². The molecule has 1 aromatic heterocycles. The zero-order chi connectivity index (χ0) is 12.5. The molecule has 96 valence electrons. The molecule has 0 aliphatic heterocycles. The highest BCUT2D eigenvalue weighted by Gasteiger charge is 2.38. The Morgan fingerprint density at radius 2 is 2.24 bits per heavy atom. The SMILES string of the molecule is CC(NCC1(N(C)C)CCC1)c1nccn1C. The molecule has 1 saturated carbocycles. The zero-order valence-electron chi connectivity index (χ0n) is 11.4. The van der Waals surface area contributed by atoms with Gasteiger partial charge in [-0.05, 0) is 40.3 Å². The predicted molar refractivity (Wildman–Crippen MR) is 69.9 cm³/mol. The molecule has 1 fully saturated rings. The topological polar surface area (TPSA) is 33.1 Å². The van der Waals surface area contributed by atoms with Crippen LogP contribution in [0.1, 0.15) is 38.1 Å². The first-order valence-electron chi connectivity index (χ1n) is 6.43. The van der Waals surface area contributed by atoms with Crippen LogP contribution in [0.25, 0.3) is 0 Å². The fraction of sp³-hybridized carbons (Fsp3) is 0.769. The minimum absolute atomic E-state index is 0.312. The number of hydrogen-bond acceptors (Lipinski definition) is 3. The molecule has 0 radical (unpaired) electrons. The Morgan fingerprint density at radius 1 is 1.53 bits per heavy atom. The van der Waals surface area contributed by atoms with Crippen LogP contribution >= 0.6 is 0 Å². The largest absolute Gasteiger partial charge is 0.337 e. The van der Waals surface area contributed by atoms with Crippen LogP contribution in [0.2, 0.25) is 0 Å². The molecule has 1 aliphatic carbocycles. The first-order chi connectivity index (χ1) is 8.05. The summed E-state index contributed by atoms with van der Waals surface area (Å²) in [5, 5.41) is 3.62. The Morgan fingerprint density at radius 3 is 2.65 bits per heavy atom. The van der Waals surface area contributed by atoms with Crippen LogP contribution in [-0.2, 0) is 7.05 Å². The Balaban J connectivity index is 1.92. The van der Waals surface area contributed by atoms with Crippen molar-refractivity contribution in [2.24, 2.45) is 7.05 Å². The van der Waals surface area contributed by atoms with Gasteiger partial charge in [0.15, 0.2) is 0 Å². The van der Waals surface area contributed by atoms with E-state index in [1.807, 2.05) is 19.4 Å². The summed E-state index contributed by atoms with van der Waals surface area (Å²) in [4.78, 5) is 6.76. The number of imidazole rings is 1. The van der Waals surface area contributed by atoms with Gasteiger partial charge in [0, 0.05) is 31.5 Å². The van der Waals surface area contributed by atoms with Gasteiger partial charge >= 0.3 is 0 Å². The Labute approximate surface area is 104 Å². The van der Waals surface area contributed by atoms with Crippen molar-refractivity contribution in [1.29, 1.82) is 0 Å². The lowest BCUT2D eigenvalue weighted by Crippen LogP contribution is -2.56. The number of rotatable bonds is 5. The number of likely N-dealkylation sites (N-methyl/N-ethyl adjacent to an activating group) is 1. The molecule has 4 heteroatoms. The molecule has 0 bridgehead atoms. The van der Waals surface area contributed by atoms with E-state index in [0.717, 1.165) is 12.4 Å². The van der Waals surface area contributed by atoms with Gasteiger partial charge < -0.3 is 14.8 Å². The summed E-state index contributed by atoms with van der Waals surface area (Å²) in [6, 6.07) is 0.312. The lowest BCUT2D eigenvalue weighted by atomic mass is 9.75. The predicted octanol–water partition coefficient (Wildman–Crippen LogP) is 1.55. The third-order valence-electron chi connectivity index (χ3n) is 4.22. The maximum absolute atomic E-state index is 4.39. The molecule has 1 atom stereocenters. The lowest BCUT2D eigenvalue weighted by Gasteiger charge is -2.48. The maximum Gasteiger partial charge on any atom is 0.125 e. The van der Waals surface area contributed by atoms with Crippen LogP contribution in [0.5, 0.6) is 0 Å². The second-order valence-corrected chi connectivity index (χ2v) is 5.47. The summed E-state index contributed by atoms with van der Waals surface area (Å²) >= 11 is 0. The third kappa shape index (κ3) is 2.38. The van der Waals surface area contributed by atoms with Crippen LogP contribution in [0, 0.1) is 0 Å². The Kier molecular flexibility index (Phi) is 3.54. The van der Waals surface area contributed by atoms with Crippen molar-refractivity contribution < 1.29 is 0 Å². The van der Waals surface area contributed by atoms with Gasteiger partial charge in [0.1, 0.15) is 5.82 Å². The Hall–Kier alpha value is -0.870. The molecule has 1 N–H and O–H groups in total. The van der Waals surface area contributed by atoms with Crippen molar-refractivity contribution in [2.45, 2.75) is 37.8 Å². The highest BCUT2D eigenvalue weighted by atomic mass is 15.2. The van der Waals surface area contributed by atoms with Crippen LogP contribution in [0.3, 0.4) is 0 Å². The summed E-state index contributed by atoms with van der Waals surface area (Å²) in [6.45, 7) is 3.23. The van der Waals surface area contributed by atoms with E-state index in [4.69, 9.17) is 0 Å². The smallest absolute Gasteiger partial charge is 0.125 e. The van der Waals surface area contributed by atoms with Gasteiger partial charge in [0.25, 0.3) is 0 Å². The van der Waals surface area contributed by atoms with Gasteiger partial charge in [-0.1, -0.05) is 0 Å². The van der Waals surface area contributed by atoms with Crippen molar-refractivity contribution in [1.82, 2.24) is 19.8 Å². The Bertz CT molecular complexity index is 365. The van der Waals surface area contributed by atoms with Gasteiger partial charge in [-0.3, -0.25) is 0 Å². The minimum Gasteiger partial charge on any atom is -0.337 e. The first kappa shape index (κ1) is 12.6. The maximum atomic E-state index is 4.39. The average molecular weight is 236 g/mol. The highest BCUT2D eigenvalue weighted by molar-refractivity contribution is 5.01. The van der Waals surface area contributed by atoms with Crippen LogP contribution in [0.4, 0.5) is 0 Å². The summed E-state index contributed by atoms with van der Waals surface area (Å²) in [5.74, 6) is 1.11. The molecule has 0 aromatic carbocycles. The molecule has 0 spiro atoms. The lowest BCUT2D eigenvalue weighted by molar-refractivity contribution is 0.0573. The molecular weight excluding hydrogens is 212 g/mol. The minimum atomic E-state index is 0.312. The molecule has 1 aromatic rings. The van der Waals surface area contributed by atoms with E-state index < -0.39 is 0 Å². The second-order valence-electron chi connectivity index (χ2n) is 5.47. The fourth-order valence-electron chi connectivity index (χ4n) is 2.60. The van der Waals surface area contributed by atoms with Crippen molar-refractivity contribution in [3.63, 3.8) is 0 Å². The quantitative estimate of drug-likeness (QED) is 0.842. The van der Waals surface area contributed by atoms with E-state index in [2.05, 4.69) is 40.8 Å². The van der Waals surface area contributed by atoms with E-state index in [-0.39, 0.29) is 0 Å². The van der Waals surface area contributed by atoms with E-state index in [1.165, 1.54) is 19.3 Å². The highest BCUT2D eigenvalue weighted by Crippen LogP contribution is 2.35. The fourth-order valence-corrected chi connectivity index (χ4v) is 2.60. The van der Waals surface area contributed by atoms with Gasteiger partial charge in [-0.2, -0.15) is 0 Å². The van der Waals surface area contributed by atoms with Gasteiger partial charge in [0.2, 0.25) is 0 Å². The molecule has 2 rings (SSSR count). The summed E-state index contributed by atoms with van der Waals surface area (Å²) in [5.41, 5.74) is 0.374. The van der Waals surface area contributed by atoms with Gasteiger partial charge in [-0.25, -0.2) is 4.98 Å². The molecule has 1 aliphatic rings. The third-order valence-corrected chi connectivity index (χ3v) is 4.22. The number of nitrogens with zero attached hydrogens (tertiary/aromatic N) is 3. The molecule has 1 heterocycles. The molecule has 17 heavy (non-hydrogen) atoms. The number of nitrogens with one attached hydrogen (secondary N) is 1. The summed E-state index contributed by atoms with van der Waals surface area (Å²) in [7, 11) is 6.42. The number of aryl methyl sites for hydroxylation is 1. The number of aromatic nitrogens is 2. The summed E-state index contributed by atoms with van der Waals surface area (Å²) in [6.07, 6.45) is 7.83. The van der Waals surface area contributed by atoms with E-state index in [1.54, 1.807) is 0 Å². The van der Waals surface area contributed by atoms with Crippen molar-refractivity contribution in [3.05, 3.63) is 18.2 Å². The monoisotopic (exact) mass is 236 g/mol. The zero-order valence-corrected chi connectivity index (χ0v) is 11.4. The van der Waals surface area contributed by atoms with Gasteiger partial charge in [0.05, 0.1) is 6.04 Å². The average Bonchev–Trinajstić information content (AvgIpc) is 2.62. The molecule has 0 amide bonds. The van der Waals surface area contributed by atoms with E-state index in [0.29, 0.717) is 11.6 Å².